The van der Waals surface area contributed by atoms with Crippen LogP contribution in [0.5, 0.6) is 5.75 Å². The number of aromatic nitrogens is 1. The summed E-state index contributed by atoms with van der Waals surface area (Å²) in [5.41, 5.74) is 2.31. The minimum absolute atomic E-state index is 0.0662. The van der Waals surface area contributed by atoms with Gasteiger partial charge >= 0.3 is 0 Å². The molecular weight excluding hydrogens is 304 g/mol. The van der Waals surface area contributed by atoms with Crippen molar-refractivity contribution in [3.63, 3.8) is 0 Å². The fraction of sp³-hybridized carbons (Fsp3) is 0.105. The highest BCUT2D eigenvalue weighted by atomic mass is 16.3. The van der Waals surface area contributed by atoms with Crippen molar-refractivity contribution in [3.8, 4) is 5.75 Å². The number of anilines is 1. The first-order valence-electron chi connectivity index (χ1n) is 7.60. The van der Waals surface area contributed by atoms with Crippen LogP contribution in [0.1, 0.15) is 24.1 Å². The molecule has 118 valence electrons. The van der Waals surface area contributed by atoms with Crippen molar-refractivity contribution in [2.75, 3.05) is 4.90 Å². The Bertz CT molecular complexity index is 997. The number of fused-ring (bicyclic) bond motifs is 2. The molecule has 0 bridgehead atoms. The van der Waals surface area contributed by atoms with Crippen LogP contribution in [0.25, 0.3) is 10.9 Å². The molecule has 2 aromatic carbocycles. The van der Waals surface area contributed by atoms with Crippen molar-refractivity contribution in [3.05, 3.63) is 65.9 Å². The smallest absolute Gasteiger partial charge is 0.247 e. The maximum Gasteiger partial charge on any atom is 0.247 e. The number of nitrogens with zero attached hydrogens (tertiary/aromatic N) is 2. The van der Waals surface area contributed by atoms with Crippen LogP contribution >= 0.6 is 0 Å². The largest absolute Gasteiger partial charge is 0.506 e. The number of phenols is 1. The predicted octanol–water partition coefficient (Wildman–Crippen LogP) is 2.97. The van der Waals surface area contributed by atoms with Crippen molar-refractivity contribution in [2.45, 2.75) is 12.8 Å². The third kappa shape index (κ3) is 1.98. The number of imide groups is 1. The average Bonchev–Trinajstić information content (AvgIpc) is 2.87. The number of carbonyl (C=O) groups is 2. The number of para-hydroxylation sites is 2. The van der Waals surface area contributed by atoms with Gasteiger partial charge in [-0.15, -0.1) is 0 Å². The van der Waals surface area contributed by atoms with E-state index in [1.165, 1.54) is 11.8 Å². The summed E-state index contributed by atoms with van der Waals surface area (Å²) in [5.74, 6) is -1.21. The lowest BCUT2D eigenvalue weighted by Gasteiger charge is -2.13. The molecule has 1 aromatic heterocycles. The number of rotatable bonds is 1. The minimum atomic E-state index is -0.644. The highest BCUT2D eigenvalue weighted by Crippen LogP contribution is 2.41. The van der Waals surface area contributed by atoms with Gasteiger partial charge in [0.25, 0.3) is 0 Å². The van der Waals surface area contributed by atoms with Crippen LogP contribution in [0.15, 0.2) is 54.6 Å². The lowest BCUT2D eigenvalue weighted by molar-refractivity contribution is -0.125. The highest BCUT2D eigenvalue weighted by Gasteiger charge is 2.40. The van der Waals surface area contributed by atoms with Gasteiger partial charge in [-0.2, -0.15) is 0 Å². The molecule has 4 rings (SSSR count). The maximum atomic E-state index is 12.8. The molecule has 1 aliphatic heterocycles. The van der Waals surface area contributed by atoms with Crippen molar-refractivity contribution < 1.29 is 14.7 Å². The monoisotopic (exact) mass is 318 g/mol. The Balaban J connectivity index is 1.92. The Morgan fingerprint density at radius 3 is 2.67 bits per heavy atom. The van der Waals surface area contributed by atoms with Crippen molar-refractivity contribution in [1.82, 2.24) is 4.98 Å². The van der Waals surface area contributed by atoms with E-state index in [1.54, 1.807) is 30.3 Å². The second kappa shape index (κ2) is 5.16. The number of aromatic hydroxyl groups is 1. The lowest BCUT2D eigenvalue weighted by Crippen LogP contribution is -2.33. The van der Waals surface area contributed by atoms with Gasteiger partial charge in [0.1, 0.15) is 17.2 Å². The number of hydrogen-bond acceptors (Lipinski definition) is 4. The van der Waals surface area contributed by atoms with Crippen LogP contribution < -0.4 is 4.90 Å². The molecule has 1 aliphatic rings. The molecule has 0 radical (unpaired) electrons. The fourth-order valence-corrected chi connectivity index (χ4v) is 3.23. The Labute approximate surface area is 138 Å². The molecule has 0 aliphatic carbocycles. The first-order valence-corrected chi connectivity index (χ1v) is 7.60. The molecule has 0 spiro atoms. The van der Waals surface area contributed by atoms with Gasteiger partial charge in [0.05, 0.1) is 11.4 Å². The van der Waals surface area contributed by atoms with Crippen LogP contribution in [0.2, 0.25) is 0 Å². The first kappa shape index (κ1) is 14.4. The Morgan fingerprint density at radius 1 is 1.08 bits per heavy atom. The summed E-state index contributed by atoms with van der Waals surface area (Å²) < 4.78 is 0. The van der Waals surface area contributed by atoms with Crippen LogP contribution in [0, 0.1) is 0 Å². The van der Waals surface area contributed by atoms with Gasteiger partial charge in [-0.05, 0) is 23.8 Å². The van der Waals surface area contributed by atoms with Gasteiger partial charge in [-0.25, -0.2) is 9.88 Å². The molecule has 5 heteroatoms. The molecule has 2 heterocycles. The average molecular weight is 318 g/mol. The molecular formula is C19H14N2O3. The van der Waals surface area contributed by atoms with E-state index < -0.39 is 5.92 Å². The predicted molar refractivity (Wildman–Crippen MR) is 89.9 cm³/mol. The van der Waals surface area contributed by atoms with E-state index in [0.717, 1.165) is 10.9 Å². The normalized spacial score (nSPS) is 16.5. The van der Waals surface area contributed by atoms with E-state index in [1.807, 2.05) is 24.3 Å². The van der Waals surface area contributed by atoms with E-state index in [0.29, 0.717) is 16.9 Å². The zero-order valence-electron chi connectivity index (χ0n) is 12.9. The number of pyridine rings is 1. The van der Waals surface area contributed by atoms with Crippen LogP contribution in [0.3, 0.4) is 0 Å². The molecule has 1 N–H and O–H groups in total. The van der Waals surface area contributed by atoms with E-state index in [9.17, 15) is 14.7 Å². The molecule has 3 aromatic rings. The molecule has 2 amide bonds. The van der Waals surface area contributed by atoms with Gasteiger partial charge in [0.2, 0.25) is 11.8 Å². The summed E-state index contributed by atoms with van der Waals surface area (Å²) in [6.45, 7) is 1.37. The maximum absolute atomic E-state index is 12.8. The number of hydrogen-bond donors (Lipinski definition) is 1. The van der Waals surface area contributed by atoms with Gasteiger partial charge in [0.15, 0.2) is 0 Å². The molecule has 1 unspecified atom stereocenters. The molecule has 24 heavy (non-hydrogen) atoms. The van der Waals surface area contributed by atoms with Gasteiger partial charge in [-0.3, -0.25) is 9.59 Å². The van der Waals surface area contributed by atoms with Crippen LogP contribution in [-0.2, 0) is 9.59 Å². The molecule has 1 atom stereocenters. The summed E-state index contributed by atoms with van der Waals surface area (Å²) in [6.07, 6.45) is 0. The zero-order valence-corrected chi connectivity index (χ0v) is 12.9. The Kier molecular flexibility index (Phi) is 3.09. The van der Waals surface area contributed by atoms with Gasteiger partial charge < -0.3 is 5.11 Å². The van der Waals surface area contributed by atoms with Crippen molar-refractivity contribution in [1.29, 1.82) is 0 Å². The van der Waals surface area contributed by atoms with Gasteiger partial charge in [-0.1, -0.05) is 36.4 Å². The Hall–Kier alpha value is -3.21. The molecule has 5 nitrogen and oxygen atoms in total. The fourth-order valence-electron chi connectivity index (χ4n) is 3.23. The third-order valence-corrected chi connectivity index (χ3v) is 4.29. The topological polar surface area (TPSA) is 70.5 Å². The first-order chi connectivity index (χ1) is 11.6. The second-order valence-corrected chi connectivity index (χ2v) is 5.77. The highest BCUT2D eigenvalue weighted by molar-refractivity contribution is 6.21. The van der Waals surface area contributed by atoms with Gasteiger partial charge in [0, 0.05) is 12.3 Å². The summed E-state index contributed by atoms with van der Waals surface area (Å²) in [7, 11) is 0. The number of carbonyl (C=O) groups excluding carboxylic acids is 2. The van der Waals surface area contributed by atoms with Crippen LogP contribution in [-0.4, -0.2) is 21.9 Å². The third-order valence-electron chi connectivity index (χ3n) is 4.29. The van der Waals surface area contributed by atoms with E-state index in [2.05, 4.69) is 4.98 Å². The van der Waals surface area contributed by atoms with Crippen molar-refractivity contribution in [2.24, 2.45) is 0 Å². The summed E-state index contributed by atoms with van der Waals surface area (Å²) >= 11 is 0. The van der Waals surface area contributed by atoms with Crippen molar-refractivity contribution >= 4 is 28.4 Å². The second-order valence-electron chi connectivity index (χ2n) is 5.77. The lowest BCUT2D eigenvalue weighted by atomic mass is 9.96. The Morgan fingerprint density at radius 2 is 1.88 bits per heavy atom. The van der Waals surface area contributed by atoms with E-state index in [-0.39, 0.29) is 17.6 Å². The SMILES string of the molecule is CC(=O)N1C(=O)C(c2ccc3cccc(O)c3n2)c2ccccc21. The molecule has 0 saturated carbocycles. The molecule has 0 saturated heterocycles. The zero-order chi connectivity index (χ0) is 16.8. The summed E-state index contributed by atoms with van der Waals surface area (Å²) in [6, 6.07) is 16.0. The van der Waals surface area contributed by atoms with Crippen LogP contribution in [0.4, 0.5) is 5.69 Å². The molecule has 0 fully saturated rings. The minimum Gasteiger partial charge on any atom is -0.506 e. The standard InChI is InChI=1S/C19H14N2O3/c1-11(22)21-15-7-3-2-6-13(15)17(19(21)24)14-10-9-12-5-4-8-16(23)18(12)20-14/h2-10,17,23H,1H3. The quantitative estimate of drug-likeness (QED) is 0.749. The van der Waals surface area contributed by atoms with E-state index in [4.69, 9.17) is 0 Å². The number of phenolic OH excluding ortho intramolecular Hbond substituents is 1. The summed E-state index contributed by atoms with van der Waals surface area (Å²) in [5, 5.41) is 10.8. The summed E-state index contributed by atoms with van der Waals surface area (Å²) in [4.78, 5) is 30.4. The number of benzene rings is 2. The van der Waals surface area contributed by atoms with E-state index >= 15 is 0 Å². The number of amides is 2.